The van der Waals surface area contributed by atoms with Crippen LogP contribution in [0.25, 0.3) is 0 Å². The van der Waals surface area contributed by atoms with E-state index >= 15 is 0 Å². The van der Waals surface area contributed by atoms with Gasteiger partial charge in [0.15, 0.2) is 0 Å². The quantitative estimate of drug-likeness (QED) is 0.850. The molecule has 0 saturated heterocycles. The Morgan fingerprint density at radius 2 is 2.06 bits per heavy atom. The number of rotatable bonds is 4. The number of aryl methyl sites for hydroxylation is 2. The van der Waals surface area contributed by atoms with Gasteiger partial charge in [0.2, 0.25) is 11.8 Å². The number of aromatic nitrogens is 2. The van der Waals surface area contributed by atoms with Gasteiger partial charge in [0, 0.05) is 13.5 Å². The molecule has 84 valence electrons. The molecule has 0 amide bonds. The molecule has 0 radical (unpaired) electrons. The van der Waals surface area contributed by atoms with Gasteiger partial charge in [-0.3, -0.25) is 0 Å². The van der Waals surface area contributed by atoms with E-state index < -0.39 is 0 Å². The minimum Gasteiger partial charge on any atom is -0.424 e. The molecule has 16 heavy (non-hydrogen) atoms. The van der Waals surface area contributed by atoms with Crippen LogP contribution in [0.4, 0.5) is 0 Å². The van der Waals surface area contributed by atoms with Crippen LogP contribution in [0.15, 0.2) is 28.7 Å². The summed E-state index contributed by atoms with van der Waals surface area (Å²) >= 11 is 0. The fraction of sp³-hybridized carbons (Fsp3) is 0.333. The normalized spacial score (nSPS) is 10.6. The second-order valence-corrected chi connectivity index (χ2v) is 3.81. The van der Waals surface area contributed by atoms with E-state index in [2.05, 4.69) is 46.7 Å². The van der Waals surface area contributed by atoms with Crippen molar-refractivity contribution in [2.75, 3.05) is 0 Å². The highest BCUT2D eigenvalue weighted by Crippen LogP contribution is 2.04. The van der Waals surface area contributed by atoms with E-state index in [1.165, 1.54) is 11.1 Å². The fourth-order valence-corrected chi connectivity index (χ4v) is 1.54. The van der Waals surface area contributed by atoms with Gasteiger partial charge in [-0.25, -0.2) is 0 Å². The Kier molecular flexibility index (Phi) is 3.31. The van der Waals surface area contributed by atoms with Gasteiger partial charge >= 0.3 is 0 Å². The molecule has 2 aromatic rings. The third-order valence-corrected chi connectivity index (χ3v) is 2.26. The van der Waals surface area contributed by atoms with Crippen molar-refractivity contribution in [1.29, 1.82) is 0 Å². The molecule has 0 atom stereocenters. The first-order chi connectivity index (χ1) is 7.74. The minimum absolute atomic E-state index is 0.604. The molecule has 1 heterocycles. The van der Waals surface area contributed by atoms with Crippen molar-refractivity contribution >= 4 is 0 Å². The van der Waals surface area contributed by atoms with Crippen molar-refractivity contribution in [2.24, 2.45) is 0 Å². The predicted molar refractivity (Wildman–Crippen MR) is 60.8 cm³/mol. The fourth-order valence-electron chi connectivity index (χ4n) is 1.54. The lowest BCUT2D eigenvalue weighted by atomic mass is 10.1. The Labute approximate surface area is 94.7 Å². The van der Waals surface area contributed by atoms with Crippen LogP contribution in [0.1, 0.15) is 22.9 Å². The van der Waals surface area contributed by atoms with Gasteiger partial charge in [0.05, 0.1) is 6.54 Å². The average Bonchev–Trinajstić information content (AvgIpc) is 2.64. The Morgan fingerprint density at radius 1 is 1.19 bits per heavy atom. The molecule has 2 rings (SSSR count). The molecule has 0 unspecified atom stereocenters. The molecule has 1 aromatic carbocycles. The third-order valence-electron chi connectivity index (χ3n) is 2.26. The SMILES string of the molecule is Cc1cccc(CNCc2nnc(C)o2)c1. The molecule has 0 aliphatic carbocycles. The highest BCUT2D eigenvalue weighted by Gasteiger charge is 2.01. The molecule has 1 N–H and O–H groups in total. The summed E-state index contributed by atoms with van der Waals surface area (Å²) in [6.07, 6.45) is 0. The number of hydrogen-bond acceptors (Lipinski definition) is 4. The molecule has 0 aliphatic heterocycles. The van der Waals surface area contributed by atoms with Gasteiger partial charge in [0.25, 0.3) is 0 Å². The molecular formula is C12H15N3O. The van der Waals surface area contributed by atoms with Gasteiger partial charge in [-0.05, 0) is 12.5 Å². The van der Waals surface area contributed by atoms with Crippen LogP contribution in [-0.2, 0) is 13.1 Å². The van der Waals surface area contributed by atoms with E-state index in [1.807, 2.05) is 0 Å². The Morgan fingerprint density at radius 3 is 2.75 bits per heavy atom. The van der Waals surface area contributed by atoms with E-state index in [-0.39, 0.29) is 0 Å². The number of nitrogens with zero attached hydrogens (tertiary/aromatic N) is 2. The van der Waals surface area contributed by atoms with Crippen LogP contribution in [0.3, 0.4) is 0 Å². The van der Waals surface area contributed by atoms with E-state index in [0.717, 1.165) is 6.54 Å². The first kappa shape index (κ1) is 10.8. The summed E-state index contributed by atoms with van der Waals surface area (Å²) in [5.74, 6) is 1.23. The van der Waals surface area contributed by atoms with Gasteiger partial charge in [-0.15, -0.1) is 10.2 Å². The first-order valence-corrected chi connectivity index (χ1v) is 5.29. The zero-order valence-electron chi connectivity index (χ0n) is 9.53. The minimum atomic E-state index is 0.604. The van der Waals surface area contributed by atoms with Crippen LogP contribution in [-0.4, -0.2) is 10.2 Å². The monoisotopic (exact) mass is 217 g/mol. The van der Waals surface area contributed by atoms with Crippen molar-refractivity contribution in [3.63, 3.8) is 0 Å². The van der Waals surface area contributed by atoms with Gasteiger partial charge in [0.1, 0.15) is 0 Å². The summed E-state index contributed by atoms with van der Waals surface area (Å²) in [6, 6.07) is 8.40. The summed E-state index contributed by atoms with van der Waals surface area (Å²) < 4.78 is 5.26. The molecule has 0 spiro atoms. The summed E-state index contributed by atoms with van der Waals surface area (Å²) in [5, 5.41) is 10.9. The van der Waals surface area contributed by atoms with Gasteiger partial charge in [-0.2, -0.15) is 0 Å². The van der Waals surface area contributed by atoms with Crippen LogP contribution in [0.5, 0.6) is 0 Å². The third kappa shape index (κ3) is 2.90. The molecule has 1 aromatic heterocycles. The van der Waals surface area contributed by atoms with Gasteiger partial charge in [-0.1, -0.05) is 29.8 Å². The predicted octanol–water partition coefficient (Wildman–Crippen LogP) is 1.98. The zero-order chi connectivity index (χ0) is 11.4. The maximum atomic E-state index is 5.26. The van der Waals surface area contributed by atoms with Crippen molar-refractivity contribution < 1.29 is 4.42 Å². The molecule has 0 fully saturated rings. The molecule has 0 saturated carbocycles. The Balaban J connectivity index is 1.84. The van der Waals surface area contributed by atoms with Crippen molar-refractivity contribution in [3.8, 4) is 0 Å². The summed E-state index contributed by atoms with van der Waals surface area (Å²) in [5.41, 5.74) is 2.53. The Bertz CT molecular complexity index is 465. The second-order valence-electron chi connectivity index (χ2n) is 3.81. The molecule has 0 aliphatic rings. The van der Waals surface area contributed by atoms with Crippen molar-refractivity contribution in [2.45, 2.75) is 26.9 Å². The topological polar surface area (TPSA) is 51.0 Å². The highest BCUT2D eigenvalue weighted by molar-refractivity contribution is 5.21. The van der Waals surface area contributed by atoms with Crippen molar-refractivity contribution in [1.82, 2.24) is 15.5 Å². The smallest absolute Gasteiger partial charge is 0.230 e. The maximum Gasteiger partial charge on any atom is 0.230 e. The Hall–Kier alpha value is -1.68. The summed E-state index contributed by atoms with van der Waals surface area (Å²) in [7, 11) is 0. The molecule has 4 nitrogen and oxygen atoms in total. The molecule has 0 bridgehead atoms. The van der Waals surface area contributed by atoms with Crippen LogP contribution in [0.2, 0.25) is 0 Å². The van der Waals surface area contributed by atoms with Crippen LogP contribution < -0.4 is 5.32 Å². The van der Waals surface area contributed by atoms with Crippen LogP contribution >= 0.6 is 0 Å². The lowest BCUT2D eigenvalue weighted by Gasteiger charge is -2.02. The zero-order valence-corrected chi connectivity index (χ0v) is 9.53. The number of nitrogens with one attached hydrogen (secondary N) is 1. The van der Waals surface area contributed by atoms with E-state index in [1.54, 1.807) is 6.92 Å². The maximum absolute atomic E-state index is 5.26. The lowest BCUT2D eigenvalue weighted by molar-refractivity contribution is 0.446. The van der Waals surface area contributed by atoms with E-state index in [4.69, 9.17) is 4.42 Å². The average molecular weight is 217 g/mol. The number of hydrogen-bond donors (Lipinski definition) is 1. The largest absolute Gasteiger partial charge is 0.424 e. The second kappa shape index (κ2) is 4.90. The highest BCUT2D eigenvalue weighted by atomic mass is 16.4. The standard InChI is InChI=1S/C12H15N3O/c1-9-4-3-5-11(6-9)7-13-8-12-15-14-10(2)16-12/h3-6,13H,7-8H2,1-2H3. The summed E-state index contributed by atoms with van der Waals surface area (Å²) in [6.45, 7) is 5.29. The summed E-state index contributed by atoms with van der Waals surface area (Å²) in [4.78, 5) is 0. The van der Waals surface area contributed by atoms with Crippen LogP contribution in [0, 0.1) is 13.8 Å². The first-order valence-electron chi connectivity index (χ1n) is 5.29. The van der Waals surface area contributed by atoms with E-state index in [9.17, 15) is 0 Å². The lowest BCUT2D eigenvalue weighted by Crippen LogP contribution is -2.12. The number of benzene rings is 1. The molecule has 4 heteroatoms. The molecular weight excluding hydrogens is 202 g/mol. The van der Waals surface area contributed by atoms with Gasteiger partial charge < -0.3 is 9.73 Å². The van der Waals surface area contributed by atoms with E-state index in [0.29, 0.717) is 18.3 Å². The van der Waals surface area contributed by atoms with Crippen molar-refractivity contribution in [3.05, 3.63) is 47.2 Å².